The molecule has 2 fully saturated rings. The maximum atomic E-state index is 12.1. The molecule has 3 aliphatic rings. The number of amides is 1. The highest BCUT2D eigenvalue weighted by Crippen LogP contribution is 2.52. The number of carbonyl (C=O) groups excluding carboxylic acids is 2. The number of fused-ring (bicyclic) bond motifs is 1. The third kappa shape index (κ3) is 11.0. The number of likely N-dealkylation sites (tertiary alicyclic amines) is 1. The van der Waals surface area contributed by atoms with Crippen LogP contribution in [-0.2, 0) is 16.0 Å². The maximum Gasteiger partial charge on any atom is 0.410 e. The van der Waals surface area contributed by atoms with Crippen LogP contribution >= 0.6 is 0 Å². The summed E-state index contributed by atoms with van der Waals surface area (Å²) in [7, 11) is 1.99. The van der Waals surface area contributed by atoms with E-state index in [1.807, 2.05) is 65.5 Å². The molecule has 2 N–H and O–H groups in total. The van der Waals surface area contributed by atoms with Crippen LogP contribution in [0.4, 0.5) is 4.79 Å². The Balaban J connectivity index is 0.000000693. The SMILES string of the molecule is C=CC1=C(NC)C=C(CNC(C)C)C2CC12.C=O.CC.C[C@H]1CN(C(=O)OC(C)(C)C)C[C@@H]1Cc1ccccc1.[HH]. The Morgan fingerprint density at radius 3 is 2.30 bits per heavy atom. The molecule has 6 nitrogen and oxygen atoms in total. The van der Waals surface area contributed by atoms with Gasteiger partial charge < -0.3 is 25.1 Å². The molecule has 1 saturated heterocycles. The van der Waals surface area contributed by atoms with Crippen LogP contribution in [0, 0.1) is 23.7 Å². The molecule has 1 amide bonds. The number of benzene rings is 1. The quantitative estimate of drug-likeness (QED) is 0.378. The monoisotopic (exact) mass is 555 g/mol. The summed E-state index contributed by atoms with van der Waals surface area (Å²) >= 11 is 0. The molecule has 1 aliphatic heterocycles. The van der Waals surface area contributed by atoms with Crippen LogP contribution < -0.4 is 10.6 Å². The first-order valence-electron chi connectivity index (χ1n) is 14.8. The van der Waals surface area contributed by atoms with Gasteiger partial charge in [0.05, 0.1) is 0 Å². The number of nitrogens with zero attached hydrogens (tertiary/aromatic N) is 1. The van der Waals surface area contributed by atoms with Crippen molar-refractivity contribution >= 4 is 12.9 Å². The highest BCUT2D eigenvalue weighted by Gasteiger charge is 2.44. The predicted molar refractivity (Wildman–Crippen MR) is 170 cm³/mol. The summed E-state index contributed by atoms with van der Waals surface area (Å²) in [5.41, 5.74) is 5.14. The second-order valence-corrected chi connectivity index (χ2v) is 11.8. The highest BCUT2D eigenvalue weighted by atomic mass is 16.6. The zero-order valence-electron chi connectivity index (χ0n) is 26.5. The molecular weight excluding hydrogens is 498 g/mol. The van der Waals surface area contributed by atoms with Gasteiger partial charge in [0.25, 0.3) is 0 Å². The molecule has 1 aromatic rings. The van der Waals surface area contributed by atoms with Crippen LogP contribution in [0.15, 0.2) is 65.9 Å². The van der Waals surface area contributed by atoms with Crippen LogP contribution in [-0.4, -0.2) is 56.1 Å². The fourth-order valence-electron chi connectivity index (χ4n) is 5.20. The fourth-order valence-corrected chi connectivity index (χ4v) is 5.20. The fraction of sp³-hybridized carbons (Fsp3) is 0.588. The van der Waals surface area contributed by atoms with Crippen LogP contribution in [0.1, 0.15) is 68.8 Å². The minimum atomic E-state index is -0.419. The maximum absolute atomic E-state index is 12.1. The lowest BCUT2D eigenvalue weighted by atomic mass is 9.91. The average molecular weight is 556 g/mol. The lowest BCUT2D eigenvalue weighted by Crippen LogP contribution is -2.35. The van der Waals surface area contributed by atoms with Crippen molar-refractivity contribution in [3.63, 3.8) is 0 Å². The largest absolute Gasteiger partial charge is 0.444 e. The number of ether oxygens (including phenoxy) is 1. The number of nitrogens with one attached hydrogen (secondary N) is 2. The Labute approximate surface area is 245 Å². The van der Waals surface area contributed by atoms with Crippen molar-refractivity contribution < 1.29 is 15.8 Å². The third-order valence-electron chi connectivity index (χ3n) is 7.27. The van der Waals surface area contributed by atoms with Crippen molar-refractivity contribution in [2.24, 2.45) is 23.7 Å². The summed E-state index contributed by atoms with van der Waals surface area (Å²) < 4.78 is 5.46. The first kappa shape index (κ1) is 35.2. The van der Waals surface area contributed by atoms with Gasteiger partial charge in [0, 0.05) is 39.8 Å². The predicted octanol–water partition coefficient (Wildman–Crippen LogP) is 7.04. The Kier molecular flexibility index (Phi) is 15.0. The molecule has 1 saturated carbocycles. The molecule has 4 atom stereocenters. The van der Waals surface area contributed by atoms with Crippen LogP contribution in [0.2, 0.25) is 0 Å². The summed E-state index contributed by atoms with van der Waals surface area (Å²) in [6.45, 7) is 24.9. The zero-order chi connectivity index (χ0) is 30.5. The normalized spacial score (nSPS) is 22.8. The summed E-state index contributed by atoms with van der Waals surface area (Å²) in [6, 6.07) is 11.0. The molecule has 4 rings (SSSR count). The van der Waals surface area contributed by atoms with Crippen molar-refractivity contribution in [2.75, 3.05) is 26.7 Å². The third-order valence-corrected chi connectivity index (χ3v) is 7.27. The van der Waals surface area contributed by atoms with E-state index in [0.29, 0.717) is 17.9 Å². The Morgan fingerprint density at radius 2 is 1.77 bits per heavy atom. The van der Waals surface area contributed by atoms with Crippen LogP contribution in [0.5, 0.6) is 0 Å². The van der Waals surface area contributed by atoms with Crippen molar-refractivity contribution in [1.29, 1.82) is 0 Å². The van der Waals surface area contributed by atoms with E-state index in [9.17, 15) is 4.79 Å². The summed E-state index contributed by atoms with van der Waals surface area (Å²) in [5, 5.41) is 6.79. The standard InChI is InChI=1S/C17H25NO2.C14H22N2.C2H6.CH2O.H2/c1-13-11-18(16(19)20-17(2,3)4)12-15(13)10-14-8-6-5-7-9-14;1-5-11-13-7-12(13)10(6-14(11)15-4)8-16-9(2)3;2*1-2;/h5-9,13,15H,10-12H2,1-4H3;5-6,9,12-13,15-16H,1,7-8H2,2-4H3;1-2H3;1H2;1H/t13-,15-;;;;/m0..../s1. The molecule has 226 valence electrons. The number of rotatable bonds is 7. The molecule has 40 heavy (non-hydrogen) atoms. The molecule has 0 spiro atoms. The number of carbonyl (C=O) groups is 2. The minimum Gasteiger partial charge on any atom is -0.444 e. The van der Waals surface area contributed by atoms with Gasteiger partial charge in [-0.2, -0.15) is 0 Å². The van der Waals surface area contributed by atoms with Gasteiger partial charge in [0.1, 0.15) is 12.4 Å². The summed E-state index contributed by atoms with van der Waals surface area (Å²) in [6.07, 6.45) is 6.47. The van der Waals surface area contributed by atoms with Gasteiger partial charge in [-0.05, 0) is 74.5 Å². The summed E-state index contributed by atoms with van der Waals surface area (Å²) in [5.74, 6) is 2.54. The van der Waals surface area contributed by atoms with Gasteiger partial charge in [-0.1, -0.05) is 83.2 Å². The summed E-state index contributed by atoms with van der Waals surface area (Å²) in [4.78, 5) is 22.0. The first-order chi connectivity index (χ1) is 19.0. The number of allylic oxidation sites excluding steroid dienone is 3. The Bertz CT molecular complexity index is 985. The van der Waals surface area contributed by atoms with Crippen LogP contribution in [0.3, 0.4) is 0 Å². The van der Waals surface area contributed by atoms with E-state index in [4.69, 9.17) is 9.53 Å². The van der Waals surface area contributed by atoms with Gasteiger partial charge in [-0.15, -0.1) is 0 Å². The zero-order valence-corrected chi connectivity index (χ0v) is 26.5. The van der Waals surface area contributed by atoms with Gasteiger partial charge in [-0.25, -0.2) is 4.79 Å². The van der Waals surface area contributed by atoms with Crippen molar-refractivity contribution in [3.8, 4) is 0 Å². The van der Waals surface area contributed by atoms with E-state index in [2.05, 4.69) is 68.3 Å². The van der Waals surface area contributed by atoms with Crippen molar-refractivity contribution in [2.45, 2.75) is 79.9 Å². The Hall–Kier alpha value is -2.86. The van der Waals surface area contributed by atoms with Crippen molar-refractivity contribution in [1.82, 2.24) is 15.5 Å². The molecule has 6 heteroatoms. The second-order valence-electron chi connectivity index (χ2n) is 11.8. The minimum absolute atomic E-state index is 0. The van der Waals surface area contributed by atoms with Gasteiger partial charge >= 0.3 is 6.09 Å². The van der Waals surface area contributed by atoms with E-state index in [1.165, 1.54) is 23.3 Å². The second kappa shape index (κ2) is 17.1. The van der Waals surface area contributed by atoms with E-state index >= 15 is 0 Å². The molecular formula is C34H57N3O3. The molecule has 2 aliphatic carbocycles. The van der Waals surface area contributed by atoms with Gasteiger partial charge in [0.15, 0.2) is 0 Å². The topological polar surface area (TPSA) is 70.7 Å². The van der Waals surface area contributed by atoms with Gasteiger partial charge in [-0.3, -0.25) is 0 Å². The van der Waals surface area contributed by atoms with Crippen LogP contribution in [0.25, 0.3) is 0 Å². The molecule has 0 aromatic heterocycles. The lowest BCUT2D eigenvalue weighted by molar-refractivity contribution is -0.0980. The molecule has 2 unspecified atom stereocenters. The lowest BCUT2D eigenvalue weighted by Gasteiger charge is -2.24. The van der Waals surface area contributed by atoms with Crippen molar-refractivity contribution in [3.05, 3.63) is 71.5 Å². The number of hydrogen-bond donors (Lipinski definition) is 2. The highest BCUT2D eigenvalue weighted by molar-refractivity contribution is 5.68. The molecule has 0 radical (unpaired) electrons. The number of hydrogen-bond acceptors (Lipinski definition) is 5. The molecule has 1 heterocycles. The number of likely N-dealkylation sites (N-methyl/N-ethyl adjacent to an activating group) is 1. The van der Waals surface area contributed by atoms with Gasteiger partial charge in [0.2, 0.25) is 0 Å². The van der Waals surface area contributed by atoms with E-state index < -0.39 is 5.60 Å². The van der Waals surface area contributed by atoms with E-state index in [0.717, 1.165) is 37.9 Å². The molecule has 0 bridgehead atoms. The van der Waals surface area contributed by atoms with E-state index in [-0.39, 0.29) is 7.52 Å². The smallest absolute Gasteiger partial charge is 0.410 e. The Morgan fingerprint density at radius 1 is 1.15 bits per heavy atom. The molecule has 1 aromatic carbocycles. The average Bonchev–Trinajstić information content (AvgIpc) is 3.65. The first-order valence-corrected chi connectivity index (χ1v) is 14.8. The van der Waals surface area contributed by atoms with E-state index in [1.54, 1.807) is 5.57 Å².